The fraction of sp³-hybridized carbons (Fsp3) is 0.316. The Hall–Kier alpha value is -2.50. The molecule has 13 heteroatoms. The second kappa shape index (κ2) is 8.80. The number of pyridine rings is 1. The summed E-state index contributed by atoms with van der Waals surface area (Å²) in [6, 6.07) is 4.84. The SMILES string of the molecule is O=C(C[C@@H]1CCCN1c1cc(-n2ccnc2)c2ccc(Cl)c(Cl)c2n1)NS(=O)(=O)C(F)F. The average Bonchev–Trinajstić information content (AvgIpc) is 3.42. The zero-order valence-electron chi connectivity index (χ0n) is 16.4. The molecular weight excluding hydrogens is 487 g/mol. The highest BCUT2D eigenvalue weighted by Crippen LogP contribution is 2.36. The molecule has 32 heavy (non-hydrogen) atoms. The largest absolute Gasteiger partial charge is 0.355 e. The van der Waals surface area contributed by atoms with Gasteiger partial charge < -0.3 is 9.47 Å². The van der Waals surface area contributed by atoms with Crippen LogP contribution in [0.25, 0.3) is 16.6 Å². The van der Waals surface area contributed by atoms with Crippen LogP contribution in [-0.2, 0) is 14.8 Å². The van der Waals surface area contributed by atoms with Crippen molar-refractivity contribution in [2.45, 2.75) is 31.1 Å². The van der Waals surface area contributed by atoms with Crippen LogP contribution in [0.5, 0.6) is 0 Å². The molecule has 0 unspecified atom stereocenters. The lowest BCUT2D eigenvalue weighted by Gasteiger charge is -2.26. The standard InChI is InChI=1S/C19H17Cl2F2N5O3S/c20-13-4-3-12-14(27-7-5-24-10-27)9-15(25-18(12)17(13)21)28-6-1-2-11(28)8-16(29)26-32(30,31)19(22)23/h3-5,7,9-11,19H,1-2,6,8H2,(H,26,29)/t11-/m0/s1. The Morgan fingerprint density at radius 3 is 2.78 bits per heavy atom. The molecule has 2 aromatic heterocycles. The summed E-state index contributed by atoms with van der Waals surface area (Å²) in [5, 5.41) is 1.33. The van der Waals surface area contributed by atoms with E-state index >= 15 is 0 Å². The Labute approximate surface area is 192 Å². The molecule has 4 rings (SSSR count). The first-order valence-corrected chi connectivity index (χ1v) is 11.8. The molecule has 1 aliphatic rings. The van der Waals surface area contributed by atoms with Crippen LogP contribution in [0, 0.1) is 0 Å². The van der Waals surface area contributed by atoms with Crippen LogP contribution in [0.4, 0.5) is 14.6 Å². The topological polar surface area (TPSA) is 97.2 Å². The number of carbonyl (C=O) groups excluding carboxylic acids is 1. The van der Waals surface area contributed by atoms with Crippen molar-refractivity contribution < 1.29 is 22.0 Å². The molecule has 0 spiro atoms. The number of imidazole rings is 1. The van der Waals surface area contributed by atoms with Crippen LogP contribution < -0.4 is 9.62 Å². The number of halogens is 4. The molecule has 1 fully saturated rings. The number of amides is 1. The van der Waals surface area contributed by atoms with Gasteiger partial charge in [-0.2, -0.15) is 8.78 Å². The van der Waals surface area contributed by atoms with E-state index in [4.69, 9.17) is 23.2 Å². The second-order valence-electron chi connectivity index (χ2n) is 7.25. The number of rotatable bonds is 6. The number of nitrogens with zero attached hydrogens (tertiary/aromatic N) is 4. The van der Waals surface area contributed by atoms with Gasteiger partial charge in [0.25, 0.3) is 10.0 Å². The van der Waals surface area contributed by atoms with E-state index in [-0.39, 0.29) is 11.4 Å². The van der Waals surface area contributed by atoms with Gasteiger partial charge in [0.15, 0.2) is 0 Å². The van der Waals surface area contributed by atoms with Crippen LogP contribution in [0.1, 0.15) is 19.3 Å². The van der Waals surface area contributed by atoms with E-state index in [0.29, 0.717) is 35.7 Å². The van der Waals surface area contributed by atoms with Crippen LogP contribution in [0.15, 0.2) is 36.9 Å². The first kappa shape index (κ1) is 22.7. The summed E-state index contributed by atoms with van der Waals surface area (Å²) in [5.41, 5.74) is 1.19. The summed E-state index contributed by atoms with van der Waals surface area (Å²) in [6.07, 6.45) is 5.98. The maximum absolute atomic E-state index is 12.6. The molecule has 3 heterocycles. The first-order chi connectivity index (χ1) is 15.2. The van der Waals surface area contributed by atoms with Crippen LogP contribution in [0.3, 0.4) is 0 Å². The van der Waals surface area contributed by atoms with E-state index in [1.807, 2.05) is 4.90 Å². The maximum atomic E-state index is 12.6. The molecule has 0 aliphatic carbocycles. The Kier molecular flexibility index (Phi) is 6.24. The number of hydrogen-bond donors (Lipinski definition) is 1. The van der Waals surface area contributed by atoms with Crippen molar-refractivity contribution in [2.24, 2.45) is 0 Å². The molecule has 1 aliphatic heterocycles. The highest BCUT2D eigenvalue weighted by Gasteiger charge is 2.32. The van der Waals surface area contributed by atoms with Gasteiger partial charge in [0.1, 0.15) is 5.82 Å². The molecular formula is C19H17Cl2F2N5O3S. The third-order valence-electron chi connectivity index (χ3n) is 5.20. The summed E-state index contributed by atoms with van der Waals surface area (Å²) in [4.78, 5) is 22.7. The fourth-order valence-corrected chi connectivity index (χ4v) is 4.62. The number of sulfonamides is 1. The number of anilines is 1. The van der Waals surface area contributed by atoms with Crippen molar-refractivity contribution in [1.29, 1.82) is 0 Å². The summed E-state index contributed by atoms with van der Waals surface area (Å²) in [5.74, 6) is -4.19. The Morgan fingerprint density at radius 2 is 2.09 bits per heavy atom. The van der Waals surface area contributed by atoms with Crippen molar-refractivity contribution >= 4 is 55.9 Å². The lowest BCUT2D eigenvalue weighted by molar-refractivity contribution is -0.119. The lowest BCUT2D eigenvalue weighted by atomic mass is 10.1. The lowest BCUT2D eigenvalue weighted by Crippen LogP contribution is -2.39. The van der Waals surface area contributed by atoms with Gasteiger partial charge in [-0.05, 0) is 25.0 Å². The highest BCUT2D eigenvalue weighted by molar-refractivity contribution is 7.90. The fourth-order valence-electron chi connectivity index (χ4n) is 3.77. The zero-order chi connectivity index (χ0) is 23.0. The predicted molar refractivity (Wildman–Crippen MR) is 117 cm³/mol. The van der Waals surface area contributed by atoms with Crippen LogP contribution in [0.2, 0.25) is 10.0 Å². The maximum Gasteiger partial charge on any atom is 0.355 e. The first-order valence-electron chi connectivity index (χ1n) is 9.53. The van der Waals surface area contributed by atoms with Gasteiger partial charge in [-0.25, -0.2) is 23.1 Å². The van der Waals surface area contributed by atoms with Crippen molar-refractivity contribution in [3.63, 3.8) is 0 Å². The molecule has 0 bridgehead atoms. The molecule has 1 atom stereocenters. The van der Waals surface area contributed by atoms with E-state index in [1.165, 1.54) is 4.72 Å². The van der Waals surface area contributed by atoms with Gasteiger partial charge >= 0.3 is 5.76 Å². The third kappa shape index (κ3) is 4.37. The number of hydrogen-bond acceptors (Lipinski definition) is 6. The van der Waals surface area contributed by atoms with Gasteiger partial charge in [-0.15, -0.1) is 0 Å². The minimum Gasteiger partial charge on any atom is -0.353 e. The molecule has 170 valence electrons. The smallest absolute Gasteiger partial charge is 0.353 e. The number of alkyl halides is 2. The Morgan fingerprint density at radius 1 is 1.31 bits per heavy atom. The molecule has 0 saturated carbocycles. The summed E-state index contributed by atoms with van der Waals surface area (Å²) in [6.45, 7) is 0.541. The number of carbonyl (C=O) groups is 1. The van der Waals surface area contributed by atoms with E-state index in [1.54, 1.807) is 41.5 Å². The summed E-state index contributed by atoms with van der Waals surface area (Å²) in [7, 11) is -5.01. The molecule has 3 aromatic rings. The molecule has 1 N–H and O–H groups in total. The van der Waals surface area contributed by atoms with Gasteiger partial charge in [-0.3, -0.25) is 4.79 Å². The van der Waals surface area contributed by atoms with E-state index < -0.39 is 27.7 Å². The summed E-state index contributed by atoms with van der Waals surface area (Å²) >= 11 is 12.6. The molecule has 8 nitrogen and oxygen atoms in total. The van der Waals surface area contributed by atoms with Crippen molar-refractivity contribution in [3.05, 3.63) is 47.0 Å². The number of aromatic nitrogens is 3. The number of benzene rings is 1. The Balaban J connectivity index is 1.71. The molecule has 0 radical (unpaired) electrons. The van der Waals surface area contributed by atoms with E-state index in [2.05, 4.69) is 9.97 Å². The van der Waals surface area contributed by atoms with Crippen LogP contribution in [-0.4, -0.2) is 47.2 Å². The van der Waals surface area contributed by atoms with Crippen molar-refractivity contribution in [2.75, 3.05) is 11.4 Å². The third-order valence-corrected chi connectivity index (χ3v) is 6.98. The van der Waals surface area contributed by atoms with E-state index in [0.717, 1.165) is 11.1 Å². The highest BCUT2D eigenvalue weighted by atomic mass is 35.5. The zero-order valence-corrected chi connectivity index (χ0v) is 18.7. The average molecular weight is 504 g/mol. The van der Waals surface area contributed by atoms with Gasteiger partial charge in [0, 0.05) is 42.9 Å². The molecule has 1 aromatic carbocycles. The van der Waals surface area contributed by atoms with Gasteiger partial charge in [-0.1, -0.05) is 23.2 Å². The number of fused-ring (bicyclic) bond motifs is 1. The molecule has 1 saturated heterocycles. The minimum absolute atomic E-state index is 0.267. The quantitative estimate of drug-likeness (QED) is 0.549. The Bertz CT molecular complexity index is 1270. The van der Waals surface area contributed by atoms with Gasteiger partial charge in [0.2, 0.25) is 5.91 Å². The summed E-state index contributed by atoms with van der Waals surface area (Å²) < 4.78 is 51.0. The van der Waals surface area contributed by atoms with Crippen molar-refractivity contribution in [3.8, 4) is 5.69 Å². The number of nitrogens with one attached hydrogen (secondary N) is 1. The minimum atomic E-state index is -5.01. The predicted octanol–water partition coefficient (Wildman–Crippen LogP) is 3.75. The normalized spacial score (nSPS) is 16.8. The van der Waals surface area contributed by atoms with Crippen LogP contribution >= 0.6 is 23.2 Å². The second-order valence-corrected chi connectivity index (χ2v) is 9.69. The van der Waals surface area contributed by atoms with E-state index in [9.17, 15) is 22.0 Å². The van der Waals surface area contributed by atoms with Crippen molar-refractivity contribution in [1.82, 2.24) is 19.3 Å². The van der Waals surface area contributed by atoms with Gasteiger partial charge in [0.05, 0.1) is 27.6 Å². The monoisotopic (exact) mass is 503 g/mol. The molecule has 1 amide bonds.